The van der Waals surface area contributed by atoms with Crippen LogP contribution in [0.5, 0.6) is 0 Å². The molecule has 21 heavy (non-hydrogen) atoms. The first-order valence-corrected chi connectivity index (χ1v) is 6.05. The summed E-state index contributed by atoms with van der Waals surface area (Å²) in [6.07, 6.45) is 3.87. The maximum absolute atomic E-state index is 11.6. The van der Waals surface area contributed by atoms with Gasteiger partial charge < -0.3 is 20.1 Å². The third-order valence-corrected chi connectivity index (χ3v) is 2.45. The van der Waals surface area contributed by atoms with Crippen molar-refractivity contribution in [3.8, 4) is 12.3 Å². The second-order valence-electron chi connectivity index (χ2n) is 4.27. The molecule has 3 amide bonds. The Morgan fingerprint density at radius 3 is 2.71 bits per heavy atom. The summed E-state index contributed by atoms with van der Waals surface area (Å²) in [7, 11) is 3.22. The average molecular weight is 291 g/mol. The molecule has 0 heterocycles. The number of nitrogens with zero attached hydrogens (tertiary/aromatic N) is 2. The van der Waals surface area contributed by atoms with Crippen molar-refractivity contribution in [2.24, 2.45) is 0 Å². The molecule has 0 aliphatic rings. The average Bonchev–Trinajstić information content (AvgIpc) is 2.43. The van der Waals surface area contributed by atoms with E-state index in [-0.39, 0.29) is 19.4 Å². The van der Waals surface area contributed by atoms with Gasteiger partial charge in [-0.15, -0.1) is 6.42 Å². The maximum Gasteiger partial charge on any atom is 0.413 e. The van der Waals surface area contributed by atoms with Crippen molar-refractivity contribution in [2.45, 2.75) is 0 Å². The summed E-state index contributed by atoms with van der Waals surface area (Å²) in [5.41, 5.74) is 0.852. The Morgan fingerprint density at radius 1 is 1.43 bits per heavy atom. The van der Waals surface area contributed by atoms with Gasteiger partial charge in [0.05, 0.1) is 5.69 Å². The summed E-state index contributed by atoms with van der Waals surface area (Å²) >= 11 is 0. The summed E-state index contributed by atoms with van der Waals surface area (Å²) in [5.74, 6) is 2.26. The fraction of sp³-hybridized carbons (Fsp3) is 0.286. The van der Waals surface area contributed by atoms with E-state index >= 15 is 0 Å². The van der Waals surface area contributed by atoms with E-state index in [0.717, 1.165) is 4.90 Å². The molecule has 1 aromatic rings. The number of terminal acetylenes is 1. The number of hydrogen-bond acceptors (Lipinski definition) is 3. The van der Waals surface area contributed by atoms with Gasteiger partial charge in [0.2, 0.25) is 0 Å². The lowest BCUT2D eigenvalue weighted by Gasteiger charge is -2.20. The minimum atomic E-state index is -1.18. The van der Waals surface area contributed by atoms with Gasteiger partial charge in [-0.3, -0.25) is 4.90 Å². The second kappa shape index (κ2) is 7.77. The number of ether oxygens (including phenoxy) is 1. The molecule has 0 fully saturated rings. The van der Waals surface area contributed by atoms with Crippen molar-refractivity contribution in [1.82, 2.24) is 4.90 Å². The highest BCUT2D eigenvalue weighted by molar-refractivity contribution is 5.91. The highest BCUT2D eigenvalue weighted by Crippen LogP contribution is 2.20. The number of hydrogen-bond donors (Lipinski definition) is 2. The first kappa shape index (κ1) is 16.3. The largest absolute Gasteiger partial charge is 0.465 e. The van der Waals surface area contributed by atoms with E-state index in [4.69, 9.17) is 11.2 Å². The molecule has 0 saturated heterocycles. The van der Waals surface area contributed by atoms with E-state index in [1.165, 1.54) is 11.0 Å². The molecule has 1 rings (SSSR count). The van der Waals surface area contributed by atoms with Gasteiger partial charge in [-0.05, 0) is 18.2 Å². The maximum atomic E-state index is 11.6. The third kappa shape index (κ3) is 5.04. The number of rotatable bonds is 5. The number of carbonyl (C=O) groups excluding carboxylic acids is 1. The van der Waals surface area contributed by atoms with E-state index in [9.17, 15) is 14.7 Å². The van der Waals surface area contributed by atoms with E-state index in [1.807, 2.05) is 0 Å². The SMILES string of the molecule is C#CCOCN(C(=O)O)c1cccc(NC(=O)N(C)C)c1. The van der Waals surface area contributed by atoms with Crippen LogP contribution in [-0.4, -0.2) is 49.6 Å². The van der Waals surface area contributed by atoms with Gasteiger partial charge in [-0.1, -0.05) is 12.0 Å². The summed E-state index contributed by atoms with van der Waals surface area (Å²) in [4.78, 5) is 25.2. The molecule has 0 spiro atoms. The van der Waals surface area contributed by atoms with Gasteiger partial charge in [-0.25, -0.2) is 9.59 Å². The first-order valence-electron chi connectivity index (χ1n) is 6.05. The second-order valence-corrected chi connectivity index (χ2v) is 4.27. The van der Waals surface area contributed by atoms with Crippen LogP contribution in [0.2, 0.25) is 0 Å². The Hall–Kier alpha value is -2.72. The topological polar surface area (TPSA) is 82.1 Å². The van der Waals surface area contributed by atoms with E-state index in [1.54, 1.807) is 32.3 Å². The minimum Gasteiger partial charge on any atom is -0.465 e. The summed E-state index contributed by atoms with van der Waals surface area (Å²) < 4.78 is 5.03. The first-order chi connectivity index (χ1) is 9.95. The number of nitrogens with one attached hydrogen (secondary N) is 1. The van der Waals surface area contributed by atoms with Crippen molar-refractivity contribution in [1.29, 1.82) is 0 Å². The molecule has 1 aromatic carbocycles. The highest BCUT2D eigenvalue weighted by Gasteiger charge is 2.15. The summed E-state index contributed by atoms with van der Waals surface area (Å²) in [6, 6.07) is 6.12. The molecule has 0 aromatic heterocycles. The summed E-state index contributed by atoms with van der Waals surface area (Å²) in [5, 5.41) is 11.8. The van der Waals surface area contributed by atoms with E-state index < -0.39 is 6.09 Å². The highest BCUT2D eigenvalue weighted by atomic mass is 16.5. The van der Waals surface area contributed by atoms with Crippen LogP contribution in [-0.2, 0) is 4.74 Å². The Morgan fingerprint density at radius 2 is 2.14 bits per heavy atom. The zero-order valence-corrected chi connectivity index (χ0v) is 11.9. The van der Waals surface area contributed by atoms with Gasteiger partial charge in [0.15, 0.2) is 0 Å². The van der Waals surface area contributed by atoms with Gasteiger partial charge in [0.1, 0.15) is 13.3 Å². The summed E-state index contributed by atoms with van der Waals surface area (Å²) in [6.45, 7) is -0.175. The Bertz CT molecular complexity index is 551. The van der Waals surface area contributed by atoms with E-state index in [2.05, 4.69) is 11.2 Å². The standard InChI is InChI=1S/C14H17N3O4/c1-4-8-21-10-17(14(19)20)12-7-5-6-11(9-12)15-13(18)16(2)3/h1,5-7,9H,8,10H2,2-3H3,(H,15,18)(H,19,20). The molecule has 0 saturated carbocycles. The molecule has 2 N–H and O–H groups in total. The number of amides is 3. The fourth-order valence-electron chi connectivity index (χ4n) is 1.42. The number of anilines is 2. The minimum absolute atomic E-state index is 0.0147. The molecule has 0 bridgehead atoms. The van der Waals surface area contributed by atoms with Crippen molar-refractivity contribution in [3.05, 3.63) is 24.3 Å². The molecule has 0 unspecified atom stereocenters. The van der Waals surface area contributed by atoms with Crippen LogP contribution < -0.4 is 10.2 Å². The number of benzene rings is 1. The van der Waals surface area contributed by atoms with Gasteiger partial charge in [-0.2, -0.15) is 0 Å². The molecule has 0 aliphatic carbocycles. The predicted molar refractivity (Wildman–Crippen MR) is 79.3 cm³/mol. The monoisotopic (exact) mass is 291 g/mol. The van der Waals surface area contributed by atoms with Crippen LogP contribution in [0.1, 0.15) is 0 Å². The fourth-order valence-corrected chi connectivity index (χ4v) is 1.42. The lowest BCUT2D eigenvalue weighted by molar-refractivity contribution is 0.151. The lowest BCUT2D eigenvalue weighted by atomic mass is 10.2. The van der Waals surface area contributed by atoms with Crippen LogP contribution in [0.3, 0.4) is 0 Å². The molecule has 0 radical (unpaired) electrons. The quantitative estimate of drug-likeness (QED) is 0.493. The van der Waals surface area contributed by atoms with Gasteiger partial charge in [0.25, 0.3) is 0 Å². The van der Waals surface area contributed by atoms with Crippen LogP contribution in [0.25, 0.3) is 0 Å². The number of urea groups is 1. The Balaban J connectivity index is 2.87. The van der Waals surface area contributed by atoms with Crippen molar-refractivity contribution >= 4 is 23.5 Å². The zero-order chi connectivity index (χ0) is 15.8. The molecule has 0 aliphatic heterocycles. The van der Waals surface area contributed by atoms with E-state index in [0.29, 0.717) is 11.4 Å². The molecular weight excluding hydrogens is 274 g/mol. The third-order valence-electron chi connectivity index (χ3n) is 2.45. The number of carboxylic acid groups (broad SMARTS) is 1. The lowest BCUT2D eigenvalue weighted by Crippen LogP contribution is -2.32. The molecular formula is C14H17N3O4. The van der Waals surface area contributed by atoms with Crippen molar-refractivity contribution in [2.75, 3.05) is 37.6 Å². The van der Waals surface area contributed by atoms with Crippen molar-refractivity contribution < 1.29 is 19.4 Å². The van der Waals surface area contributed by atoms with Gasteiger partial charge >= 0.3 is 12.1 Å². The molecule has 7 heteroatoms. The Labute approximate surface area is 123 Å². The van der Waals surface area contributed by atoms with Gasteiger partial charge in [0, 0.05) is 19.8 Å². The molecule has 7 nitrogen and oxygen atoms in total. The van der Waals surface area contributed by atoms with Crippen molar-refractivity contribution in [3.63, 3.8) is 0 Å². The Kier molecular flexibility index (Phi) is 6.04. The molecule has 0 atom stereocenters. The van der Waals surface area contributed by atoms with Crippen LogP contribution in [0, 0.1) is 12.3 Å². The van der Waals surface area contributed by atoms with Crippen LogP contribution >= 0.6 is 0 Å². The predicted octanol–water partition coefficient (Wildman–Crippen LogP) is 1.87. The zero-order valence-electron chi connectivity index (χ0n) is 11.9. The smallest absolute Gasteiger partial charge is 0.413 e. The van der Waals surface area contributed by atoms with Crippen LogP contribution in [0.15, 0.2) is 24.3 Å². The van der Waals surface area contributed by atoms with Crippen LogP contribution in [0.4, 0.5) is 21.0 Å². The molecule has 112 valence electrons. The normalized spacial score (nSPS) is 9.57. The number of carbonyl (C=O) groups is 2.